The number of pyridine rings is 1. The van der Waals surface area contributed by atoms with Gasteiger partial charge in [-0.3, -0.25) is 4.79 Å². The summed E-state index contributed by atoms with van der Waals surface area (Å²) < 4.78 is 0. The molecule has 1 rings (SSSR count). The number of hydrogen-bond acceptors (Lipinski definition) is 4. The molecule has 0 radical (unpaired) electrons. The molecular formula is C11H16N4OS. The summed E-state index contributed by atoms with van der Waals surface area (Å²) in [5.41, 5.74) is 6.28. The van der Waals surface area contributed by atoms with Crippen LogP contribution in [0.1, 0.15) is 12.5 Å². The van der Waals surface area contributed by atoms with Gasteiger partial charge in [0.25, 0.3) is 0 Å². The second kappa shape index (κ2) is 6.15. The number of carbonyl (C=O) groups is 1. The standard InChI is InChI=1S/C11H16N4OS/c1-3-13-9(16)7-15(2)11-8(10(12)17)5-4-6-14-11/h4-6H,3,7H2,1-2H3,(H2,12,17)(H,13,16). The average Bonchev–Trinajstić information content (AvgIpc) is 2.29. The summed E-state index contributed by atoms with van der Waals surface area (Å²) in [5.74, 6) is 0.556. The molecule has 92 valence electrons. The van der Waals surface area contributed by atoms with E-state index in [1.165, 1.54) is 0 Å². The first-order valence-electron chi connectivity index (χ1n) is 5.29. The van der Waals surface area contributed by atoms with Crippen molar-refractivity contribution in [2.45, 2.75) is 6.92 Å². The maximum absolute atomic E-state index is 11.5. The Bertz CT molecular complexity index is 422. The molecule has 0 atom stereocenters. The van der Waals surface area contributed by atoms with Gasteiger partial charge in [0.15, 0.2) is 0 Å². The number of rotatable bonds is 5. The van der Waals surface area contributed by atoms with Crippen LogP contribution in [0.4, 0.5) is 5.82 Å². The van der Waals surface area contributed by atoms with E-state index in [0.717, 1.165) is 0 Å². The van der Waals surface area contributed by atoms with Gasteiger partial charge < -0.3 is 16.0 Å². The quantitative estimate of drug-likeness (QED) is 0.737. The van der Waals surface area contributed by atoms with E-state index >= 15 is 0 Å². The molecule has 0 saturated carbocycles. The zero-order valence-corrected chi connectivity index (χ0v) is 10.8. The number of thiocarbonyl (C=S) groups is 1. The van der Waals surface area contributed by atoms with Crippen LogP contribution in [0.15, 0.2) is 18.3 Å². The number of anilines is 1. The van der Waals surface area contributed by atoms with Crippen LogP contribution in [0.5, 0.6) is 0 Å². The van der Waals surface area contributed by atoms with Gasteiger partial charge in [-0.05, 0) is 19.1 Å². The van der Waals surface area contributed by atoms with Gasteiger partial charge in [-0.2, -0.15) is 0 Å². The lowest BCUT2D eigenvalue weighted by Gasteiger charge is -2.19. The molecule has 1 aromatic rings. The van der Waals surface area contributed by atoms with Gasteiger partial charge in [-0.1, -0.05) is 12.2 Å². The van der Waals surface area contributed by atoms with Crippen LogP contribution in [0, 0.1) is 0 Å². The number of hydrogen-bond donors (Lipinski definition) is 2. The molecule has 0 aliphatic heterocycles. The molecule has 1 amide bonds. The highest BCUT2D eigenvalue weighted by Crippen LogP contribution is 2.14. The molecule has 0 aromatic carbocycles. The van der Waals surface area contributed by atoms with Crippen LogP contribution in [-0.2, 0) is 4.79 Å². The molecule has 17 heavy (non-hydrogen) atoms. The Balaban J connectivity index is 2.85. The van der Waals surface area contributed by atoms with E-state index in [-0.39, 0.29) is 17.4 Å². The summed E-state index contributed by atoms with van der Waals surface area (Å²) in [4.78, 5) is 17.7. The zero-order chi connectivity index (χ0) is 12.8. The van der Waals surface area contributed by atoms with Crippen molar-refractivity contribution in [3.63, 3.8) is 0 Å². The molecule has 0 saturated heterocycles. The van der Waals surface area contributed by atoms with Crippen molar-refractivity contribution in [1.82, 2.24) is 10.3 Å². The molecule has 1 heterocycles. The summed E-state index contributed by atoms with van der Waals surface area (Å²) in [7, 11) is 1.78. The number of nitrogens with zero attached hydrogens (tertiary/aromatic N) is 2. The van der Waals surface area contributed by atoms with Gasteiger partial charge in [0, 0.05) is 19.8 Å². The number of aromatic nitrogens is 1. The molecule has 0 bridgehead atoms. The van der Waals surface area contributed by atoms with E-state index in [0.29, 0.717) is 17.9 Å². The minimum Gasteiger partial charge on any atom is -0.389 e. The Morgan fingerprint density at radius 3 is 2.94 bits per heavy atom. The van der Waals surface area contributed by atoms with Gasteiger partial charge in [-0.15, -0.1) is 0 Å². The fourth-order valence-corrected chi connectivity index (χ4v) is 1.60. The predicted octanol–water partition coefficient (Wildman–Crippen LogP) is 0.288. The highest BCUT2D eigenvalue weighted by atomic mass is 32.1. The Morgan fingerprint density at radius 1 is 1.65 bits per heavy atom. The number of carbonyl (C=O) groups excluding carboxylic acids is 1. The van der Waals surface area contributed by atoms with Crippen molar-refractivity contribution in [1.29, 1.82) is 0 Å². The van der Waals surface area contributed by atoms with Crippen LogP contribution in [0.3, 0.4) is 0 Å². The van der Waals surface area contributed by atoms with E-state index in [1.807, 2.05) is 6.92 Å². The fourth-order valence-electron chi connectivity index (χ4n) is 1.44. The van der Waals surface area contributed by atoms with Gasteiger partial charge >= 0.3 is 0 Å². The molecule has 0 aliphatic carbocycles. The van der Waals surface area contributed by atoms with Crippen LogP contribution in [0.25, 0.3) is 0 Å². The van der Waals surface area contributed by atoms with Crippen molar-refractivity contribution in [2.24, 2.45) is 5.73 Å². The SMILES string of the molecule is CCNC(=O)CN(C)c1ncccc1C(N)=S. The van der Waals surface area contributed by atoms with Gasteiger partial charge in [0.2, 0.25) is 5.91 Å². The first-order chi connectivity index (χ1) is 8.06. The normalized spacial score (nSPS) is 9.76. The third-order valence-electron chi connectivity index (χ3n) is 2.17. The smallest absolute Gasteiger partial charge is 0.239 e. The van der Waals surface area contributed by atoms with Crippen LogP contribution < -0.4 is 16.0 Å². The average molecular weight is 252 g/mol. The molecule has 0 unspecified atom stereocenters. The second-order valence-electron chi connectivity index (χ2n) is 3.55. The molecule has 1 aromatic heterocycles. The van der Waals surface area contributed by atoms with E-state index in [9.17, 15) is 4.79 Å². The van der Waals surface area contributed by atoms with E-state index in [4.69, 9.17) is 18.0 Å². The number of amides is 1. The summed E-state index contributed by atoms with van der Waals surface area (Å²) in [6.07, 6.45) is 1.64. The molecule has 3 N–H and O–H groups in total. The first-order valence-corrected chi connectivity index (χ1v) is 5.69. The number of nitrogens with two attached hydrogens (primary N) is 1. The highest BCUT2D eigenvalue weighted by Gasteiger charge is 2.13. The van der Waals surface area contributed by atoms with Crippen LogP contribution in [0.2, 0.25) is 0 Å². The zero-order valence-electron chi connectivity index (χ0n) is 9.93. The van der Waals surface area contributed by atoms with E-state index in [2.05, 4.69) is 10.3 Å². The van der Waals surface area contributed by atoms with Crippen LogP contribution in [-0.4, -0.2) is 36.0 Å². The van der Waals surface area contributed by atoms with Gasteiger partial charge in [0.05, 0.1) is 12.1 Å². The molecule has 0 spiro atoms. The van der Waals surface area contributed by atoms with Crippen molar-refractivity contribution in [3.8, 4) is 0 Å². The summed E-state index contributed by atoms with van der Waals surface area (Å²) in [6, 6.07) is 3.55. The summed E-state index contributed by atoms with van der Waals surface area (Å²) in [5, 5.41) is 2.72. The Hall–Kier alpha value is -1.69. The first kappa shape index (κ1) is 13.4. The van der Waals surface area contributed by atoms with Crippen molar-refractivity contribution < 1.29 is 4.79 Å². The van der Waals surface area contributed by atoms with Crippen LogP contribution >= 0.6 is 12.2 Å². The lowest BCUT2D eigenvalue weighted by molar-refractivity contribution is -0.119. The second-order valence-corrected chi connectivity index (χ2v) is 3.99. The van der Waals surface area contributed by atoms with E-state index < -0.39 is 0 Å². The highest BCUT2D eigenvalue weighted by molar-refractivity contribution is 7.80. The van der Waals surface area contributed by atoms with Crippen molar-refractivity contribution in [3.05, 3.63) is 23.9 Å². The van der Waals surface area contributed by atoms with Crippen molar-refractivity contribution >= 4 is 28.9 Å². The summed E-state index contributed by atoms with van der Waals surface area (Å²) >= 11 is 4.94. The van der Waals surface area contributed by atoms with Crippen molar-refractivity contribution in [2.75, 3.05) is 25.0 Å². The predicted molar refractivity (Wildman–Crippen MR) is 72.1 cm³/mol. The lowest BCUT2D eigenvalue weighted by Crippen LogP contribution is -2.36. The Labute approximate surface area is 106 Å². The number of likely N-dealkylation sites (N-methyl/N-ethyl adjacent to an activating group) is 2. The van der Waals surface area contributed by atoms with E-state index in [1.54, 1.807) is 30.3 Å². The number of nitrogens with one attached hydrogen (secondary N) is 1. The Morgan fingerprint density at radius 2 is 2.35 bits per heavy atom. The maximum Gasteiger partial charge on any atom is 0.239 e. The summed E-state index contributed by atoms with van der Waals surface area (Å²) in [6.45, 7) is 2.70. The largest absolute Gasteiger partial charge is 0.389 e. The molecule has 0 aliphatic rings. The fraction of sp³-hybridized carbons (Fsp3) is 0.364. The molecule has 6 heteroatoms. The minimum atomic E-state index is -0.0606. The Kier molecular flexibility index (Phi) is 4.84. The van der Waals surface area contributed by atoms with Gasteiger partial charge in [-0.25, -0.2) is 4.98 Å². The topological polar surface area (TPSA) is 71.2 Å². The third-order valence-corrected chi connectivity index (χ3v) is 2.39. The molecule has 5 nitrogen and oxygen atoms in total. The lowest BCUT2D eigenvalue weighted by atomic mass is 10.2. The van der Waals surface area contributed by atoms with Gasteiger partial charge in [0.1, 0.15) is 10.8 Å². The third kappa shape index (κ3) is 3.67. The maximum atomic E-state index is 11.5. The minimum absolute atomic E-state index is 0.0606. The molecular weight excluding hydrogens is 236 g/mol. The molecule has 0 fully saturated rings. The monoisotopic (exact) mass is 252 g/mol.